The van der Waals surface area contributed by atoms with Crippen molar-refractivity contribution in [2.45, 2.75) is 5.41 Å². The van der Waals surface area contributed by atoms with E-state index in [4.69, 9.17) is 15.0 Å². The second-order valence-corrected chi connectivity index (χ2v) is 16.5. The minimum Gasteiger partial charge on any atom is -0.208 e. The van der Waals surface area contributed by atoms with Crippen LogP contribution >= 0.6 is 11.3 Å². The number of rotatable bonds is 4. The van der Waals surface area contributed by atoms with E-state index < -0.39 is 5.41 Å². The largest absolute Gasteiger partial charge is 0.208 e. The first-order valence-electron chi connectivity index (χ1n) is 19.8. The maximum absolute atomic E-state index is 5.18. The van der Waals surface area contributed by atoms with Gasteiger partial charge < -0.3 is 0 Å². The van der Waals surface area contributed by atoms with Crippen molar-refractivity contribution < 1.29 is 0 Å². The molecule has 0 atom stereocenters. The van der Waals surface area contributed by atoms with E-state index in [9.17, 15) is 0 Å². The van der Waals surface area contributed by atoms with Gasteiger partial charge in [0.2, 0.25) is 0 Å². The zero-order valence-electron chi connectivity index (χ0n) is 31.1. The van der Waals surface area contributed by atoms with Crippen molar-refractivity contribution in [2.24, 2.45) is 0 Å². The minimum absolute atomic E-state index is 0.392. The lowest BCUT2D eigenvalue weighted by molar-refractivity contribution is 0.797. The average Bonchev–Trinajstić information content (AvgIpc) is 3.93. The Hall–Kier alpha value is -7.27. The Morgan fingerprint density at radius 3 is 1.67 bits per heavy atom. The Morgan fingerprint density at radius 1 is 0.345 bits per heavy atom. The van der Waals surface area contributed by atoms with Crippen LogP contribution in [0.1, 0.15) is 22.3 Å². The molecular weight excluding hydrogens is 723 g/mol. The maximum atomic E-state index is 5.18. The monoisotopic (exact) mass is 753 g/mol. The van der Waals surface area contributed by atoms with E-state index in [0.717, 1.165) is 22.3 Å². The van der Waals surface area contributed by atoms with E-state index >= 15 is 0 Å². The summed E-state index contributed by atoms with van der Waals surface area (Å²) in [6.07, 6.45) is 0. The lowest BCUT2D eigenvalue weighted by atomic mass is 9.70. The van der Waals surface area contributed by atoms with Gasteiger partial charge >= 0.3 is 0 Å². The molecule has 4 heteroatoms. The fraction of sp³-hybridized carbons (Fsp3) is 0.0185. The Labute approximate surface area is 338 Å². The molecule has 0 bridgehead atoms. The van der Waals surface area contributed by atoms with Crippen molar-refractivity contribution in [2.75, 3.05) is 0 Å². The molecule has 3 nitrogen and oxygen atoms in total. The van der Waals surface area contributed by atoms with Crippen LogP contribution in [0.4, 0.5) is 0 Å². The lowest BCUT2D eigenvalue weighted by Crippen LogP contribution is -2.26. The summed E-state index contributed by atoms with van der Waals surface area (Å²) in [7, 11) is 0. The van der Waals surface area contributed by atoms with Crippen LogP contribution in [0.25, 0.3) is 98.1 Å². The predicted octanol–water partition coefficient (Wildman–Crippen LogP) is 13.9. The summed E-state index contributed by atoms with van der Waals surface area (Å²) in [5, 5.41) is 7.82. The number of thiophene rings is 1. The molecule has 0 unspecified atom stereocenters. The molecule has 0 fully saturated rings. The van der Waals surface area contributed by atoms with Crippen molar-refractivity contribution in [3.8, 4) is 56.4 Å². The zero-order chi connectivity index (χ0) is 38.0. The quantitative estimate of drug-likeness (QED) is 0.168. The first kappa shape index (κ1) is 31.9. The molecule has 268 valence electrons. The summed E-state index contributed by atoms with van der Waals surface area (Å²) in [4.78, 5) is 15.4. The Kier molecular flexibility index (Phi) is 6.53. The molecule has 58 heavy (non-hydrogen) atoms. The Morgan fingerprint density at radius 2 is 0.897 bits per heavy atom. The SMILES string of the molecule is c1ccc(-c2nc(-c3ccc(-c4ccc5c(c4)C4(c6ccccc6-5)c5cccc6ccc7cccc4c7c56)cc3)nc(-c3cccc4c3sc3ccccc34)n2)cc1. The third kappa shape index (κ3) is 4.30. The molecule has 0 amide bonds. The summed E-state index contributed by atoms with van der Waals surface area (Å²) < 4.78 is 2.44. The summed E-state index contributed by atoms with van der Waals surface area (Å²) in [6.45, 7) is 0. The first-order valence-corrected chi connectivity index (χ1v) is 20.6. The van der Waals surface area contributed by atoms with Gasteiger partial charge in [0, 0.05) is 36.9 Å². The molecule has 0 aliphatic heterocycles. The molecule has 1 spiro atoms. The molecule has 2 aromatic heterocycles. The van der Waals surface area contributed by atoms with Gasteiger partial charge in [-0.1, -0.05) is 170 Å². The molecule has 0 saturated carbocycles. The van der Waals surface area contributed by atoms with Crippen molar-refractivity contribution in [3.63, 3.8) is 0 Å². The standard InChI is InChI=1S/C54H31N3S/c1-2-11-35(12-3-1)51-55-52(57-53(56-51)42-18-10-17-41-40-16-5-7-22-47(40)58-50(41)42)36-27-23-32(24-28-36)37-29-30-39-38-15-4-6-19-43(38)54(46(39)31-37)44-20-8-13-33-25-26-34-14-9-21-45(54)49(34)48(33)44/h1-31H. The van der Waals surface area contributed by atoms with Crippen molar-refractivity contribution >= 4 is 53.1 Å². The third-order valence-electron chi connectivity index (χ3n) is 12.5. The van der Waals surface area contributed by atoms with Crippen molar-refractivity contribution in [1.29, 1.82) is 0 Å². The Balaban J connectivity index is 0.958. The summed E-state index contributed by atoms with van der Waals surface area (Å²) >= 11 is 1.79. The van der Waals surface area contributed by atoms with E-state index in [1.54, 1.807) is 11.3 Å². The second kappa shape index (κ2) is 11.9. The molecular formula is C54H31N3S. The van der Waals surface area contributed by atoms with Gasteiger partial charge in [-0.2, -0.15) is 0 Å². The molecule has 0 radical (unpaired) electrons. The number of fused-ring (bicyclic) bond motifs is 10. The maximum Gasteiger partial charge on any atom is 0.165 e. The van der Waals surface area contributed by atoms with Gasteiger partial charge in [0.25, 0.3) is 0 Å². The van der Waals surface area contributed by atoms with Gasteiger partial charge in [-0.05, 0) is 84.3 Å². The van der Waals surface area contributed by atoms with Crippen LogP contribution in [0.3, 0.4) is 0 Å². The number of hydrogen-bond donors (Lipinski definition) is 0. The van der Waals surface area contributed by atoms with E-state index in [1.165, 1.54) is 80.7 Å². The molecule has 0 saturated heterocycles. The van der Waals surface area contributed by atoms with Gasteiger partial charge in [0.05, 0.1) is 5.41 Å². The van der Waals surface area contributed by atoms with E-state index in [-0.39, 0.29) is 0 Å². The summed E-state index contributed by atoms with van der Waals surface area (Å²) in [5.41, 5.74) is 12.9. The molecule has 0 N–H and O–H groups in total. The molecule has 2 heterocycles. The molecule has 13 rings (SSSR count). The van der Waals surface area contributed by atoms with E-state index in [1.807, 2.05) is 18.2 Å². The summed E-state index contributed by atoms with van der Waals surface area (Å²) in [6, 6.07) is 68.4. The number of nitrogens with zero attached hydrogens (tertiary/aromatic N) is 3. The van der Waals surface area contributed by atoms with Crippen molar-refractivity contribution in [1.82, 2.24) is 15.0 Å². The van der Waals surface area contributed by atoms with Crippen LogP contribution in [-0.4, -0.2) is 15.0 Å². The fourth-order valence-corrected chi connectivity index (χ4v) is 11.3. The van der Waals surface area contributed by atoms with Crippen LogP contribution in [0.5, 0.6) is 0 Å². The van der Waals surface area contributed by atoms with Crippen LogP contribution in [0.2, 0.25) is 0 Å². The van der Waals surface area contributed by atoms with E-state index in [2.05, 4.69) is 170 Å². The number of aromatic nitrogens is 3. The zero-order valence-corrected chi connectivity index (χ0v) is 32.0. The minimum atomic E-state index is -0.392. The lowest BCUT2D eigenvalue weighted by Gasteiger charge is -2.31. The third-order valence-corrected chi connectivity index (χ3v) is 13.7. The Bertz CT molecular complexity index is 3450. The number of benzene rings is 9. The van der Waals surface area contributed by atoms with Crippen LogP contribution < -0.4 is 0 Å². The van der Waals surface area contributed by atoms with Gasteiger partial charge in [-0.25, -0.2) is 15.0 Å². The van der Waals surface area contributed by atoms with Crippen molar-refractivity contribution in [3.05, 3.63) is 210 Å². The normalized spacial score (nSPS) is 13.3. The van der Waals surface area contributed by atoms with Crippen LogP contribution in [0, 0.1) is 0 Å². The number of hydrogen-bond acceptors (Lipinski definition) is 4. The molecule has 11 aromatic rings. The first-order chi connectivity index (χ1) is 28.7. The highest BCUT2D eigenvalue weighted by Gasteiger charge is 2.50. The highest BCUT2D eigenvalue weighted by molar-refractivity contribution is 7.26. The van der Waals surface area contributed by atoms with Gasteiger partial charge in [-0.3, -0.25) is 0 Å². The van der Waals surface area contributed by atoms with E-state index in [0.29, 0.717) is 17.5 Å². The highest BCUT2D eigenvalue weighted by atomic mass is 32.1. The second-order valence-electron chi connectivity index (χ2n) is 15.5. The summed E-state index contributed by atoms with van der Waals surface area (Å²) in [5.74, 6) is 1.99. The average molecular weight is 754 g/mol. The topological polar surface area (TPSA) is 38.7 Å². The van der Waals surface area contributed by atoms with Gasteiger partial charge in [0.1, 0.15) is 0 Å². The highest BCUT2D eigenvalue weighted by Crippen LogP contribution is 2.62. The predicted molar refractivity (Wildman–Crippen MR) is 240 cm³/mol. The van der Waals surface area contributed by atoms with Gasteiger partial charge in [-0.15, -0.1) is 11.3 Å². The molecule has 2 aliphatic carbocycles. The fourth-order valence-electron chi connectivity index (χ4n) is 10.0. The van der Waals surface area contributed by atoms with Crippen LogP contribution in [-0.2, 0) is 5.41 Å². The van der Waals surface area contributed by atoms with Gasteiger partial charge in [0.15, 0.2) is 17.5 Å². The smallest absolute Gasteiger partial charge is 0.165 e. The molecule has 2 aliphatic rings. The van der Waals surface area contributed by atoms with Crippen LogP contribution in [0.15, 0.2) is 188 Å². The molecule has 9 aromatic carbocycles.